The van der Waals surface area contributed by atoms with Crippen LogP contribution in [0.1, 0.15) is 46.5 Å². The Kier molecular flexibility index (Phi) is 7.09. The van der Waals surface area contributed by atoms with Gasteiger partial charge in [0.05, 0.1) is 6.10 Å². The third-order valence-electron chi connectivity index (χ3n) is 3.95. The molecule has 0 aromatic heterocycles. The molecular formula is C14H30N2O. The van der Waals surface area contributed by atoms with Gasteiger partial charge in [-0.15, -0.1) is 0 Å². The molecule has 17 heavy (non-hydrogen) atoms. The van der Waals surface area contributed by atoms with E-state index in [9.17, 15) is 5.11 Å². The summed E-state index contributed by atoms with van der Waals surface area (Å²) in [6, 6.07) is 0.730. The van der Waals surface area contributed by atoms with Gasteiger partial charge in [-0.3, -0.25) is 9.80 Å². The van der Waals surface area contributed by atoms with Crippen molar-refractivity contribution in [3.8, 4) is 0 Å². The lowest BCUT2D eigenvalue weighted by atomic mass is 10.1. The van der Waals surface area contributed by atoms with Gasteiger partial charge in [0.1, 0.15) is 0 Å². The van der Waals surface area contributed by atoms with Crippen molar-refractivity contribution < 1.29 is 5.11 Å². The smallest absolute Gasteiger partial charge is 0.0664 e. The average molecular weight is 242 g/mol. The van der Waals surface area contributed by atoms with Crippen LogP contribution in [0, 0.1) is 0 Å². The molecule has 1 aliphatic rings. The van der Waals surface area contributed by atoms with Crippen molar-refractivity contribution in [1.82, 2.24) is 9.80 Å². The van der Waals surface area contributed by atoms with E-state index >= 15 is 0 Å². The highest BCUT2D eigenvalue weighted by Gasteiger charge is 2.21. The molecule has 3 nitrogen and oxygen atoms in total. The molecule has 0 spiro atoms. The van der Waals surface area contributed by atoms with Crippen LogP contribution in [0.3, 0.4) is 0 Å². The van der Waals surface area contributed by atoms with Crippen LogP contribution in [0.2, 0.25) is 0 Å². The van der Waals surface area contributed by atoms with Crippen molar-refractivity contribution in [2.45, 2.75) is 58.6 Å². The lowest BCUT2D eigenvalue weighted by Crippen LogP contribution is -2.51. The largest absolute Gasteiger partial charge is 0.392 e. The quantitative estimate of drug-likeness (QED) is 0.739. The molecule has 0 aliphatic carbocycles. The van der Waals surface area contributed by atoms with Crippen LogP contribution in [0.25, 0.3) is 0 Å². The highest BCUT2D eigenvalue weighted by atomic mass is 16.3. The van der Waals surface area contributed by atoms with Gasteiger partial charge in [-0.2, -0.15) is 0 Å². The molecule has 1 rings (SSSR count). The zero-order chi connectivity index (χ0) is 12.7. The summed E-state index contributed by atoms with van der Waals surface area (Å²) >= 11 is 0. The summed E-state index contributed by atoms with van der Waals surface area (Å²) < 4.78 is 0. The molecule has 102 valence electrons. The molecule has 0 aromatic carbocycles. The molecule has 2 atom stereocenters. The van der Waals surface area contributed by atoms with E-state index in [1.54, 1.807) is 0 Å². The van der Waals surface area contributed by atoms with Crippen molar-refractivity contribution in [3.63, 3.8) is 0 Å². The number of aliphatic hydroxyl groups excluding tert-OH is 1. The highest BCUT2D eigenvalue weighted by Crippen LogP contribution is 2.12. The summed E-state index contributed by atoms with van der Waals surface area (Å²) in [5.74, 6) is 0. The summed E-state index contributed by atoms with van der Waals surface area (Å²) in [4.78, 5) is 5.00. The monoisotopic (exact) mass is 242 g/mol. The fraction of sp³-hybridized carbons (Fsp3) is 1.00. The van der Waals surface area contributed by atoms with Gasteiger partial charge in [0.25, 0.3) is 0 Å². The van der Waals surface area contributed by atoms with E-state index in [4.69, 9.17) is 0 Å². The molecule has 1 aliphatic heterocycles. The number of nitrogens with zero attached hydrogens (tertiary/aromatic N) is 2. The molecule has 2 unspecified atom stereocenters. The normalized spacial score (nSPS) is 22.6. The van der Waals surface area contributed by atoms with E-state index in [0.717, 1.165) is 32.1 Å². The van der Waals surface area contributed by atoms with E-state index in [1.807, 2.05) is 6.92 Å². The summed E-state index contributed by atoms with van der Waals surface area (Å²) in [6.45, 7) is 12.1. The minimum atomic E-state index is -0.140. The molecule has 0 amide bonds. The molecule has 0 radical (unpaired) electrons. The first-order valence-electron chi connectivity index (χ1n) is 7.31. The molecule has 1 N–H and O–H groups in total. The predicted octanol–water partition coefficient (Wildman–Crippen LogP) is 1.95. The van der Waals surface area contributed by atoms with Crippen LogP contribution < -0.4 is 0 Å². The lowest BCUT2D eigenvalue weighted by Gasteiger charge is -2.38. The molecule has 1 heterocycles. The number of aliphatic hydroxyl groups is 1. The summed E-state index contributed by atoms with van der Waals surface area (Å²) in [5, 5.41) is 9.65. The van der Waals surface area contributed by atoms with Gasteiger partial charge in [-0.25, -0.2) is 0 Å². The van der Waals surface area contributed by atoms with Crippen LogP contribution >= 0.6 is 0 Å². The third kappa shape index (κ3) is 5.36. The first-order chi connectivity index (χ1) is 8.17. The number of hydrogen-bond acceptors (Lipinski definition) is 3. The minimum absolute atomic E-state index is 0.140. The van der Waals surface area contributed by atoms with E-state index in [-0.39, 0.29) is 6.10 Å². The number of hydrogen-bond donors (Lipinski definition) is 1. The van der Waals surface area contributed by atoms with Gasteiger partial charge in [0, 0.05) is 38.8 Å². The Morgan fingerprint density at radius 2 is 1.76 bits per heavy atom. The summed E-state index contributed by atoms with van der Waals surface area (Å²) in [6.07, 6.45) is 4.70. The van der Waals surface area contributed by atoms with E-state index in [1.165, 1.54) is 32.4 Å². The van der Waals surface area contributed by atoms with Crippen LogP contribution in [-0.2, 0) is 0 Å². The van der Waals surface area contributed by atoms with Gasteiger partial charge < -0.3 is 5.11 Å². The first kappa shape index (κ1) is 14.9. The number of unbranched alkanes of at least 4 members (excludes halogenated alkanes) is 1. The van der Waals surface area contributed by atoms with E-state index in [0.29, 0.717) is 0 Å². The topological polar surface area (TPSA) is 26.7 Å². The predicted molar refractivity (Wildman–Crippen MR) is 73.3 cm³/mol. The molecule has 0 bridgehead atoms. The zero-order valence-corrected chi connectivity index (χ0v) is 11.9. The van der Waals surface area contributed by atoms with Gasteiger partial charge in [-0.05, 0) is 19.8 Å². The molecule has 1 saturated heterocycles. The number of piperazine rings is 1. The average Bonchev–Trinajstić information content (AvgIpc) is 2.36. The number of rotatable bonds is 7. The molecule has 0 aromatic rings. The van der Waals surface area contributed by atoms with Gasteiger partial charge in [-0.1, -0.05) is 26.7 Å². The van der Waals surface area contributed by atoms with Crippen molar-refractivity contribution >= 4 is 0 Å². The molecule has 1 fully saturated rings. The van der Waals surface area contributed by atoms with Crippen LogP contribution in [0.4, 0.5) is 0 Å². The Balaban J connectivity index is 2.20. The zero-order valence-electron chi connectivity index (χ0n) is 11.9. The second kappa shape index (κ2) is 8.06. The van der Waals surface area contributed by atoms with Crippen LogP contribution in [0.5, 0.6) is 0 Å². The van der Waals surface area contributed by atoms with Gasteiger partial charge >= 0.3 is 0 Å². The Bertz CT molecular complexity index is 191. The first-order valence-corrected chi connectivity index (χ1v) is 7.31. The Labute approximate surface area is 107 Å². The molecular weight excluding hydrogens is 212 g/mol. The fourth-order valence-electron chi connectivity index (χ4n) is 2.50. The standard InChI is InChI=1S/C14H30N2O/c1-4-6-7-13(3)16-10-8-15(9-11-16)12-14(17)5-2/h13-14,17H,4-12H2,1-3H3. The van der Waals surface area contributed by atoms with Crippen LogP contribution in [-0.4, -0.2) is 59.8 Å². The van der Waals surface area contributed by atoms with Crippen molar-refractivity contribution in [2.75, 3.05) is 32.7 Å². The Morgan fingerprint density at radius 3 is 2.29 bits per heavy atom. The maximum Gasteiger partial charge on any atom is 0.0664 e. The SMILES string of the molecule is CCCCC(C)N1CCN(CC(O)CC)CC1. The second-order valence-corrected chi connectivity index (χ2v) is 5.39. The minimum Gasteiger partial charge on any atom is -0.392 e. The Hall–Kier alpha value is -0.120. The maximum absolute atomic E-state index is 9.65. The fourth-order valence-corrected chi connectivity index (χ4v) is 2.50. The van der Waals surface area contributed by atoms with E-state index in [2.05, 4.69) is 23.6 Å². The highest BCUT2D eigenvalue weighted by molar-refractivity contribution is 4.77. The van der Waals surface area contributed by atoms with Gasteiger partial charge in [0.15, 0.2) is 0 Å². The van der Waals surface area contributed by atoms with Crippen LogP contribution in [0.15, 0.2) is 0 Å². The van der Waals surface area contributed by atoms with E-state index < -0.39 is 0 Å². The maximum atomic E-state index is 9.65. The summed E-state index contributed by atoms with van der Waals surface area (Å²) in [5.41, 5.74) is 0. The molecule has 0 saturated carbocycles. The van der Waals surface area contributed by atoms with Crippen molar-refractivity contribution in [3.05, 3.63) is 0 Å². The third-order valence-corrected chi connectivity index (χ3v) is 3.95. The molecule has 3 heteroatoms. The van der Waals surface area contributed by atoms with Gasteiger partial charge in [0.2, 0.25) is 0 Å². The van der Waals surface area contributed by atoms with Crippen molar-refractivity contribution in [1.29, 1.82) is 0 Å². The van der Waals surface area contributed by atoms with Crippen molar-refractivity contribution in [2.24, 2.45) is 0 Å². The second-order valence-electron chi connectivity index (χ2n) is 5.39. The number of β-amino-alcohol motifs (C(OH)–C–C–N with tert-alkyl or cyclic N) is 1. The Morgan fingerprint density at radius 1 is 1.12 bits per heavy atom. The summed E-state index contributed by atoms with van der Waals surface area (Å²) in [7, 11) is 0. The lowest BCUT2D eigenvalue weighted by molar-refractivity contribution is 0.0562.